The summed E-state index contributed by atoms with van der Waals surface area (Å²) < 4.78 is 0. The number of rotatable bonds is 6. The fraction of sp³-hybridized carbons (Fsp3) is 0.500. The van der Waals surface area contributed by atoms with Crippen molar-refractivity contribution in [3.05, 3.63) is 53.9 Å². The van der Waals surface area contributed by atoms with E-state index in [9.17, 15) is 5.11 Å². The van der Waals surface area contributed by atoms with E-state index in [4.69, 9.17) is 0 Å². The maximum absolute atomic E-state index is 10.5. The van der Waals surface area contributed by atoms with Crippen molar-refractivity contribution < 1.29 is 5.11 Å². The predicted octanol–water partition coefficient (Wildman–Crippen LogP) is 3.75. The molecule has 1 aliphatic heterocycles. The smallest absolute Gasteiger partial charge is 0.187 e. The molecule has 0 radical (unpaired) electrons. The molecular weight excluding hydrogens is 330 g/mol. The molecule has 5 heteroatoms. The Morgan fingerprint density at radius 1 is 1.20 bits per heavy atom. The molecule has 1 saturated heterocycles. The van der Waals surface area contributed by atoms with Gasteiger partial charge in [-0.1, -0.05) is 49.0 Å². The first-order chi connectivity index (χ1) is 12.1. The van der Waals surface area contributed by atoms with E-state index in [1.807, 2.05) is 25.4 Å². The van der Waals surface area contributed by atoms with Crippen molar-refractivity contribution in [3.63, 3.8) is 0 Å². The Morgan fingerprint density at radius 2 is 1.92 bits per heavy atom. The molecular formula is C20H27N3OS. The lowest BCUT2D eigenvalue weighted by Crippen LogP contribution is -2.49. The Hall–Kier alpha value is -1.43. The zero-order chi connectivity index (χ0) is 17.7. The molecule has 2 heterocycles. The maximum Gasteiger partial charge on any atom is 0.187 e. The van der Waals surface area contributed by atoms with Crippen LogP contribution in [-0.2, 0) is 12.3 Å². The van der Waals surface area contributed by atoms with Crippen LogP contribution in [0.25, 0.3) is 0 Å². The molecule has 3 rings (SSSR count). The molecule has 4 nitrogen and oxygen atoms in total. The molecule has 0 bridgehead atoms. The van der Waals surface area contributed by atoms with Gasteiger partial charge in [0.25, 0.3) is 0 Å². The average molecular weight is 358 g/mol. The van der Waals surface area contributed by atoms with Crippen LogP contribution in [0.4, 0.5) is 0 Å². The molecule has 1 aliphatic rings. The Morgan fingerprint density at radius 3 is 2.60 bits per heavy atom. The van der Waals surface area contributed by atoms with Crippen LogP contribution in [0.1, 0.15) is 37.8 Å². The first-order valence-corrected chi connectivity index (χ1v) is 9.98. The summed E-state index contributed by atoms with van der Waals surface area (Å²) in [5.74, 6) is 1.22. The van der Waals surface area contributed by atoms with Gasteiger partial charge < -0.3 is 5.11 Å². The van der Waals surface area contributed by atoms with Gasteiger partial charge in [0, 0.05) is 43.3 Å². The van der Waals surface area contributed by atoms with Crippen LogP contribution < -0.4 is 0 Å². The van der Waals surface area contributed by atoms with Crippen LogP contribution in [0.5, 0.6) is 0 Å². The van der Waals surface area contributed by atoms with E-state index in [1.165, 1.54) is 5.56 Å². The van der Waals surface area contributed by atoms with Crippen molar-refractivity contribution in [1.82, 2.24) is 14.9 Å². The number of aliphatic hydroxyl groups is 1. The van der Waals surface area contributed by atoms with E-state index >= 15 is 0 Å². The number of likely N-dealkylation sites (tertiary alicyclic amines) is 1. The zero-order valence-electron chi connectivity index (χ0n) is 15.1. The van der Waals surface area contributed by atoms with E-state index < -0.39 is 5.60 Å². The first-order valence-electron chi connectivity index (χ1n) is 8.99. The van der Waals surface area contributed by atoms with Gasteiger partial charge in [-0.15, -0.1) is 0 Å². The largest absolute Gasteiger partial charge is 0.390 e. The molecule has 1 fully saturated rings. The van der Waals surface area contributed by atoms with Crippen molar-refractivity contribution in [3.8, 4) is 0 Å². The molecule has 0 saturated carbocycles. The van der Waals surface area contributed by atoms with Crippen LogP contribution in [0.2, 0.25) is 0 Å². The number of benzene rings is 1. The van der Waals surface area contributed by atoms with Crippen molar-refractivity contribution in [2.75, 3.05) is 13.1 Å². The number of thioether (sulfide) groups is 1. The zero-order valence-corrected chi connectivity index (χ0v) is 15.9. The molecule has 2 aromatic rings. The molecule has 0 spiro atoms. The van der Waals surface area contributed by atoms with Gasteiger partial charge in [0.2, 0.25) is 0 Å². The van der Waals surface area contributed by atoms with Crippen molar-refractivity contribution >= 4 is 11.8 Å². The topological polar surface area (TPSA) is 49.2 Å². The fourth-order valence-corrected chi connectivity index (χ4v) is 4.12. The summed E-state index contributed by atoms with van der Waals surface area (Å²) in [6.07, 6.45) is 5.72. The molecule has 0 unspecified atom stereocenters. The molecule has 1 aromatic carbocycles. The van der Waals surface area contributed by atoms with E-state index in [2.05, 4.69) is 46.1 Å². The standard InChI is InChI=1S/C20H27N3OS/c1-3-18-14-23(10-9-20(18,2)24)13-17-11-21-19(22-12-17)25-15-16-7-5-4-6-8-16/h4-8,11-12,18,24H,3,9-10,13-15H2,1-2H3/t18-,20+/m0/s1. The third-order valence-electron chi connectivity index (χ3n) is 5.08. The second-order valence-corrected chi connectivity index (χ2v) is 8.04. The lowest BCUT2D eigenvalue weighted by atomic mass is 9.81. The summed E-state index contributed by atoms with van der Waals surface area (Å²) in [7, 11) is 0. The summed E-state index contributed by atoms with van der Waals surface area (Å²) in [6.45, 7) is 6.85. The normalized spacial score (nSPS) is 24.4. The van der Waals surface area contributed by atoms with E-state index in [1.54, 1.807) is 11.8 Å². The summed E-state index contributed by atoms with van der Waals surface area (Å²) >= 11 is 1.66. The minimum atomic E-state index is -0.528. The van der Waals surface area contributed by atoms with Gasteiger partial charge in [-0.05, 0) is 31.2 Å². The monoisotopic (exact) mass is 357 g/mol. The van der Waals surface area contributed by atoms with E-state index in [0.717, 1.165) is 48.9 Å². The highest BCUT2D eigenvalue weighted by Gasteiger charge is 2.36. The molecule has 0 aliphatic carbocycles. The van der Waals surface area contributed by atoms with Gasteiger partial charge in [-0.3, -0.25) is 4.90 Å². The Balaban J connectivity index is 1.52. The number of hydrogen-bond acceptors (Lipinski definition) is 5. The molecule has 25 heavy (non-hydrogen) atoms. The second-order valence-electron chi connectivity index (χ2n) is 7.10. The second kappa shape index (κ2) is 8.30. The Kier molecular flexibility index (Phi) is 6.10. The minimum absolute atomic E-state index is 0.336. The maximum atomic E-state index is 10.5. The lowest BCUT2D eigenvalue weighted by Gasteiger charge is -2.42. The SMILES string of the molecule is CC[C@H]1CN(Cc2cnc(SCc3ccccc3)nc2)CC[C@@]1(C)O. The van der Waals surface area contributed by atoms with Gasteiger partial charge in [0.1, 0.15) is 0 Å². The quantitative estimate of drug-likeness (QED) is 0.630. The predicted molar refractivity (Wildman–Crippen MR) is 102 cm³/mol. The molecule has 1 aromatic heterocycles. The summed E-state index contributed by atoms with van der Waals surface area (Å²) in [5, 5.41) is 11.3. The Labute approximate surface area is 154 Å². The van der Waals surface area contributed by atoms with Crippen LogP contribution in [0.15, 0.2) is 47.9 Å². The van der Waals surface area contributed by atoms with Crippen LogP contribution in [0.3, 0.4) is 0 Å². The lowest BCUT2D eigenvalue weighted by molar-refractivity contribution is -0.0608. The third kappa shape index (κ3) is 5.03. The molecule has 1 N–H and O–H groups in total. The summed E-state index contributed by atoms with van der Waals surface area (Å²) in [4.78, 5) is 11.4. The summed E-state index contributed by atoms with van der Waals surface area (Å²) in [6, 6.07) is 10.4. The van der Waals surface area contributed by atoms with Crippen molar-refractivity contribution in [2.24, 2.45) is 5.92 Å². The van der Waals surface area contributed by atoms with E-state index in [0.29, 0.717) is 5.92 Å². The highest BCUT2D eigenvalue weighted by molar-refractivity contribution is 7.98. The van der Waals surface area contributed by atoms with Crippen LogP contribution in [0, 0.1) is 5.92 Å². The Bertz CT molecular complexity index is 660. The average Bonchev–Trinajstić information content (AvgIpc) is 2.63. The minimum Gasteiger partial charge on any atom is -0.390 e. The van der Waals surface area contributed by atoms with Crippen LogP contribution in [-0.4, -0.2) is 38.7 Å². The van der Waals surface area contributed by atoms with E-state index in [-0.39, 0.29) is 0 Å². The highest BCUT2D eigenvalue weighted by atomic mass is 32.2. The third-order valence-corrected chi connectivity index (χ3v) is 6.03. The number of piperidine rings is 1. The van der Waals surface area contributed by atoms with Crippen molar-refractivity contribution in [1.29, 1.82) is 0 Å². The van der Waals surface area contributed by atoms with Gasteiger partial charge in [0.05, 0.1) is 5.60 Å². The molecule has 0 amide bonds. The van der Waals surface area contributed by atoms with Gasteiger partial charge in [0.15, 0.2) is 5.16 Å². The molecule has 134 valence electrons. The van der Waals surface area contributed by atoms with Gasteiger partial charge in [-0.2, -0.15) is 0 Å². The molecule has 2 atom stereocenters. The van der Waals surface area contributed by atoms with Crippen molar-refractivity contribution in [2.45, 2.75) is 49.7 Å². The number of hydrogen-bond donors (Lipinski definition) is 1. The number of aromatic nitrogens is 2. The fourth-order valence-electron chi connectivity index (χ4n) is 3.38. The number of nitrogens with zero attached hydrogens (tertiary/aromatic N) is 3. The van der Waals surface area contributed by atoms with Gasteiger partial charge in [-0.25, -0.2) is 9.97 Å². The highest BCUT2D eigenvalue weighted by Crippen LogP contribution is 2.30. The first kappa shape index (κ1) is 18.4. The summed E-state index contributed by atoms with van der Waals surface area (Å²) in [5.41, 5.74) is 1.89. The van der Waals surface area contributed by atoms with Gasteiger partial charge >= 0.3 is 0 Å². The van der Waals surface area contributed by atoms with Crippen LogP contribution >= 0.6 is 11.8 Å².